The third kappa shape index (κ3) is 2.98. The molecule has 136 valence electrons. The van der Waals surface area contributed by atoms with E-state index in [0.717, 1.165) is 32.1 Å². The van der Waals surface area contributed by atoms with E-state index in [0.29, 0.717) is 28.3 Å². The van der Waals surface area contributed by atoms with Crippen molar-refractivity contribution >= 4 is 52.4 Å². The standard InChI is InChI=1S/C19H20Cl4O2/c20-14-7-4-11(5-8-14)16(19(21,22)23)25-17(24)18-9-1-2-15(18)12-3-6-13(18)10-12/h4-5,7-8,12-13,15-16H,1-3,6,9-10H2. The fraction of sp³-hybridized carbons (Fsp3) is 0.632. The zero-order valence-corrected chi connectivity index (χ0v) is 16.7. The van der Waals surface area contributed by atoms with E-state index in [1.807, 2.05) is 0 Å². The van der Waals surface area contributed by atoms with Crippen molar-refractivity contribution in [1.29, 1.82) is 0 Å². The highest BCUT2D eigenvalue weighted by atomic mass is 35.6. The Hall–Kier alpha value is -0.150. The smallest absolute Gasteiger partial charge is 0.313 e. The summed E-state index contributed by atoms with van der Waals surface area (Å²) in [5.74, 6) is 1.37. The maximum Gasteiger partial charge on any atom is 0.313 e. The molecule has 1 aromatic rings. The Morgan fingerprint density at radius 1 is 1.16 bits per heavy atom. The quantitative estimate of drug-likeness (QED) is 0.410. The van der Waals surface area contributed by atoms with Gasteiger partial charge in [-0.05, 0) is 67.6 Å². The van der Waals surface area contributed by atoms with E-state index in [-0.39, 0.29) is 11.4 Å². The van der Waals surface area contributed by atoms with Crippen LogP contribution in [-0.4, -0.2) is 9.76 Å². The molecule has 0 radical (unpaired) electrons. The molecule has 0 amide bonds. The third-order valence-electron chi connectivity index (χ3n) is 6.61. The van der Waals surface area contributed by atoms with Crippen molar-refractivity contribution in [1.82, 2.24) is 0 Å². The molecule has 5 atom stereocenters. The predicted octanol–water partition coefficient (Wildman–Crippen LogP) is 6.51. The normalized spacial score (nSPS) is 34.8. The van der Waals surface area contributed by atoms with Gasteiger partial charge in [-0.15, -0.1) is 0 Å². The highest BCUT2D eigenvalue weighted by Gasteiger charge is 2.65. The molecule has 25 heavy (non-hydrogen) atoms. The minimum atomic E-state index is -1.73. The molecular weight excluding hydrogens is 402 g/mol. The molecule has 3 aliphatic carbocycles. The Morgan fingerprint density at radius 3 is 2.56 bits per heavy atom. The van der Waals surface area contributed by atoms with Gasteiger partial charge >= 0.3 is 5.97 Å². The van der Waals surface area contributed by atoms with Crippen molar-refractivity contribution < 1.29 is 9.53 Å². The summed E-state index contributed by atoms with van der Waals surface area (Å²) in [5.41, 5.74) is 0.288. The van der Waals surface area contributed by atoms with Crippen molar-refractivity contribution in [3.05, 3.63) is 34.9 Å². The molecule has 3 saturated carbocycles. The van der Waals surface area contributed by atoms with E-state index in [2.05, 4.69) is 0 Å². The van der Waals surface area contributed by atoms with E-state index >= 15 is 0 Å². The molecule has 0 aromatic heterocycles. The fourth-order valence-electron chi connectivity index (χ4n) is 5.67. The lowest BCUT2D eigenvalue weighted by Crippen LogP contribution is -2.42. The molecule has 0 saturated heterocycles. The summed E-state index contributed by atoms with van der Waals surface area (Å²) in [6, 6.07) is 6.91. The molecule has 0 heterocycles. The molecule has 0 aliphatic heterocycles. The van der Waals surface area contributed by atoms with Crippen molar-refractivity contribution in [2.75, 3.05) is 0 Å². The van der Waals surface area contributed by atoms with Gasteiger partial charge in [0.25, 0.3) is 0 Å². The van der Waals surface area contributed by atoms with Gasteiger partial charge in [-0.1, -0.05) is 65.0 Å². The van der Waals surface area contributed by atoms with Crippen LogP contribution in [0, 0.1) is 23.2 Å². The monoisotopic (exact) mass is 420 g/mol. The second-order valence-electron chi connectivity index (χ2n) is 7.69. The second-order valence-corrected chi connectivity index (χ2v) is 10.5. The van der Waals surface area contributed by atoms with Gasteiger partial charge in [0.2, 0.25) is 3.79 Å². The molecule has 4 rings (SSSR count). The first-order valence-corrected chi connectivity index (χ1v) is 10.4. The number of benzene rings is 1. The summed E-state index contributed by atoms with van der Waals surface area (Å²) in [4.78, 5) is 13.3. The van der Waals surface area contributed by atoms with Crippen LogP contribution in [0.2, 0.25) is 5.02 Å². The lowest BCUT2D eigenvalue weighted by atomic mass is 9.68. The molecular formula is C19H20Cl4O2. The average molecular weight is 422 g/mol. The third-order valence-corrected chi connectivity index (χ3v) is 7.46. The van der Waals surface area contributed by atoms with E-state index < -0.39 is 9.90 Å². The largest absolute Gasteiger partial charge is 0.452 e. The van der Waals surface area contributed by atoms with E-state index in [4.69, 9.17) is 51.1 Å². The van der Waals surface area contributed by atoms with Crippen LogP contribution >= 0.6 is 46.4 Å². The zero-order chi connectivity index (χ0) is 17.8. The molecule has 0 N–H and O–H groups in total. The average Bonchev–Trinajstić information content (AvgIpc) is 3.24. The SMILES string of the molecule is O=C(OC(c1ccc(Cl)cc1)C(Cl)(Cl)Cl)C12CCCC1C1CCC2C1. The van der Waals surface area contributed by atoms with Gasteiger partial charge in [0.1, 0.15) is 0 Å². The molecule has 0 spiro atoms. The van der Waals surface area contributed by atoms with Crippen LogP contribution in [0.5, 0.6) is 0 Å². The summed E-state index contributed by atoms with van der Waals surface area (Å²) in [6.07, 6.45) is 5.70. The maximum absolute atomic E-state index is 13.3. The van der Waals surface area contributed by atoms with Crippen LogP contribution in [0.3, 0.4) is 0 Å². The minimum absolute atomic E-state index is 0.173. The highest BCUT2D eigenvalue weighted by molar-refractivity contribution is 6.68. The molecule has 6 heteroatoms. The van der Waals surface area contributed by atoms with Crippen LogP contribution in [-0.2, 0) is 9.53 Å². The number of alkyl halides is 3. The van der Waals surface area contributed by atoms with Gasteiger partial charge in [-0.25, -0.2) is 0 Å². The summed E-state index contributed by atoms with van der Waals surface area (Å²) in [7, 11) is 0. The number of ether oxygens (including phenoxy) is 1. The van der Waals surface area contributed by atoms with Crippen molar-refractivity contribution in [2.24, 2.45) is 23.2 Å². The van der Waals surface area contributed by atoms with Gasteiger partial charge in [-0.3, -0.25) is 4.79 Å². The number of carbonyl (C=O) groups is 1. The topological polar surface area (TPSA) is 26.3 Å². The summed E-state index contributed by atoms with van der Waals surface area (Å²) >= 11 is 24.4. The number of rotatable bonds is 3. The van der Waals surface area contributed by atoms with Gasteiger partial charge in [0.15, 0.2) is 6.10 Å². The molecule has 1 aromatic carbocycles. The van der Waals surface area contributed by atoms with E-state index in [1.54, 1.807) is 24.3 Å². The van der Waals surface area contributed by atoms with Crippen molar-refractivity contribution in [3.8, 4) is 0 Å². The Balaban J connectivity index is 1.62. The number of halogens is 4. The van der Waals surface area contributed by atoms with Crippen molar-refractivity contribution in [2.45, 2.75) is 48.4 Å². The van der Waals surface area contributed by atoms with Crippen LogP contribution in [0.15, 0.2) is 24.3 Å². The van der Waals surface area contributed by atoms with Crippen LogP contribution in [0.1, 0.15) is 50.2 Å². The Labute approximate surface area is 168 Å². The second kappa shape index (κ2) is 6.48. The molecule has 3 aliphatic rings. The van der Waals surface area contributed by atoms with Gasteiger partial charge in [0.05, 0.1) is 5.41 Å². The first kappa shape index (κ1) is 18.2. The fourth-order valence-corrected chi connectivity index (χ4v) is 6.31. The van der Waals surface area contributed by atoms with Gasteiger partial charge in [0, 0.05) is 5.02 Å². The number of esters is 1. The summed E-state index contributed by atoms with van der Waals surface area (Å²) in [6.45, 7) is 0. The molecule has 3 fully saturated rings. The first-order chi connectivity index (χ1) is 11.8. The number of fused-ring (bicyclic) bond motifs is 5. The number of carbonyl (C=O) groups excluding carboxylic acids is 1. The first-order valence-electron chi connectivity index (χ1n) is 8.85. The summed E-state index contributed by atoms with van der Waals surface area (Å²) in [5, 5.41) is 0.584. The predicted molar refractivity (Wildman–Crippen MR) is 101 cm³/mol. The van der Waals surface area contributed by atoms with Crippen LogP contribution in [0.25, 0.3) is 0 Å². The Morgan fingerprint density at radius 2 is 1.88 bits per heavy atom. The molecule has 5 unspecified atom stereocenters. The highest BCUT2D eigenvalue weighted by Crippen LogP contribution is 2.67. The lowest BCUT2D eigenvalue weighted by Gasteiger charge is -2.39. The van der Waals surface area contributed by atoms with Crippen LogP contribution in [0.4, 0.5) is 0 Å². The summed E-state index contributed by atoms with van der Waals surface area (Å²) < 4.78 is 4.17. The van der Waals surface area contributed by atoms with Gasteiger partial charge in [-0.2, -0.15) is 0 Å². The lowest BCUT2D eigenvalue weighted by molar-refractivity contribution is -0.168. The van der Waals surface area contributed by atoms with Gasteiger partial charge < -0.3 is 4.74 Å². The zero-order valence-electron chi connectivity index (χ0n) is 13.7. The molecule has 2 bridgehead atoms. The Bertz CT molecular complexity index is 669. The number of hydrogen-bond acceptors (Lipinski definition) is 2. The number of hydrogen-bond donors (Lipinski definition) is 0. The van der Waals surface area contributed by atoms with E-state index in [1.165, 1.54) is 6.42 Å². The Kier molecular flexibility index (Phi) is 4.72. The van der Waals surface area contributed by atoms with Crippen molar-refractivity contribution in [3.63, 3.8) is 0 Å². The van der Waals surface area contributed by atoms with E-state index in [9.17, 15) is 4.79 Å². The van der Waals surface area contributed by atoms with Crippen LogP contribution < -0.4 is 0 Å². The molecule has 2 nitrogen and oxygen atoms in total. The maximum atomic E-state index is 13.3. The minimum Gasteiger partial charge on any atom is -0.452 e.